The molecule has 0 aliphatic heterocycles. The van der Waals surface area contributed by atoms with Crippen LogP contribution in [0.2, 0.25) is 0 Å². The average molecular weight is 225 g/mol. The monoisotopic (exact) mass is 225 g/mol. The van der Waals surface area contributed by atoms with Crippen molar-refractivity contribution >= 4 is 5.97 Å². The summed E-state index contributed by atoms with van der Waals surface area (Å²) < 4.78 is 12.1. The van der Waals surface area contributed by atoms with E-state index in [1.165, 1.54) is 24.3 Å². The number of hydrogen-bond acceptors (Lipinski definition) is 3. The fraction of sp³-hybridized carbons (Fsp3) is 0.182. The molecule has 0 aliphatic carbocycles. The number of nitrogens with two attached hydrogens (primary N) is 1. The highest BCUT2D eigenvalue weighted by Crippen LogP contribution is 2.16. The maximum absolute atomic E-state index is 12.1. The second-order valence-corrected chi connectivity index (χ2v) is 3.48. The summed E-state index contributed by atoms with van der Waals surface area (Å²) >= 11 is 0. The Hall–Kier alpha value is -1.88. The molecular formula is C11H12FNO3. The summed E-state index contributed by atoms with van der Waals surface area (Å²) in [4.78, 5) is 10.9. The first-order valence-electron chi connectivity index (χ1n) is 4.56. The molecule has 4 nitrogen and oxygen atoms in total. The molecule has 1 rings (SSSR count). The van der Waals surface area contributed by atoms with Crippen molar-refractivity contribution in [2.45, 2.75) is 12.0 Å². The summed E-state index contributed by atoms with van der Waals surface area (Å²) in [5.74, 6) is -1.24. The highest BCUT2D eigenvalue weighted by Gasteiger charge is 2.31. The van der Waals surface area contributed by atoms with Gasteiger partial charge < -0.3 is 15.9 Å². The fourth-order valence-corrected chi connectivity index (χ4v) is 1.27. The Bertz CT molecular complexity index is 402. The summed E-state index contributed by atoms with van der Waals surface area (Å²) in [6.07, 6.45) is 0.861. The Morgan fingerprint density at radius 2 is 2.00 bits per heavy atom. The number of aliphatic carboxylic acids is 1. The maximum Gasteiger partial charge on any atom is 0.328 e. The van der Waals surface area contributed by atoms with Gasteiger partial charge in [-0.15, -0.1) is 0 Å². The molecule has 0 saturated carbocycles. The standard InChI is InChI=1S/C11H12FNO3/c12-6-5-11(13,10(15)16)7-8-1-3-9(14)4-2-8/h1-6,14H,7,13H2,(H,15,16)/b6-5+/t11-/m0/s1. The van der Waals surface area contributed by atoms with Crippen LogP contribution < -0.4 is 5.73 Å². The van der Waals surface area contributed by atoms with Crippen LogP contribution in [-0.2, 0) is 11.2 Å². The number of aromatic hydroxyl groups is 1. The summed E-state index contributed by atoms with van der Waals surface area (Å²) in [6.45, 7) is 0. The zero-order chi connectivity index (χ0) is 12.2. The zero-order valence-electron chi connectivity index (χ0n) is 8.43. The van der Waals surface area contributed by atoms with E-state index >= 15 is 0 Å². The van der Waals surface area contributed by atoms with Gasteiger partial charge in [0.2, 0.25) is 0 Å². The van der Waals surface area contributed by atoms with Crippen molar-refractivity contribution in [2.24, 2.45) is 5.73 Å². The molecule has 16 heavy (non-hydrogen) atoms. The van der Waals surface area contributed by atoms with Crippen LogP contribution in [0.3, 0.4) is 0 Å². The molecule has 0 amide bonds. The number of carboxylic acids is 1. The van der Waals surface area contributed by atoms with E-state index in [9.17, 15) is 9.18 Å². The molecule has 1 aromatic carbocycles. The lowest BCUT2D eigenvalue weighted by molar-refractivity contribution is -0.141. The minimum Gasteiger partial charge on any atom is -0.508 e. The van der Waals surface area contributed by atoms with Crippen molar-refractivity contribution in [3.8, 4) is 5.75 Å². The number of phenols is 1. The minimum absolute atomic E-state index is 0.0525. The molecule has 5 heteroatoms. The number of rotatable bonds is 4. The van der Waals surface area contributed by atoms with E-state index in [0.29, 0.717) is 5.56 Å². The minimum atomic E-state index is -1.77. The van der Waals surface area contributed by atoms with Gasteiger partial charge in [0.25, 0.3) is 0 Å². The normalized spacial score (nSPS) is 14.9. The van der Waals surface area contributed by atoms with Gasteiger partial charge in [0, 0.05) is 6.42 Å². The maximum atomic E-state index is 12.1. The smallest absolute Gasteiger partial charge is 0.328 e. The van der Waals surface area contributed by atoms with Crippen molar-refractivity contribution < 1.29 is 19.4 Å². The van der Waals surface area contributed by atoms with Gasteiger partial charge in [0.05, 0.1) is 6.33 Å². The Morgan fingerprint density at radius 3 is 2.44 bits per heavy atom. The van der Waals surface area contributed by atoms with Gasteiger partial charge >= 0.3 is 5.97 Å². The predicted molar refractivity (Wildman–Crippen MR) is 56.6 cm³/mol. The van der Waals surface area contributed by atoms with Gasteiger partial charge in [-0.3, -0.25) is 0 Å². The van der Waals surface area contributed by atoms with Crippen LogP contribution in [0.5, 0.6) is 5.75 Å². The number of hydrogen-bond donors (Lipinski definition) is 3. The van der Waals surface area contributed by atoms with Crippen molar-refractivity contribution in [3.05, 3.63) is 42.2 Å². The molecule has 1 aromatic rings. The zero-order valence-corrected chi connectivity index (χ0v) is 8.43. The van der Waals surface area contributed by atoms with Crippen LogP contribution in [0.15, 0.2) is 36.7 Å². The van der Waals surface area contributed by atoms with Gasteiger partial charge in [-0.05, 0) is 23.8 Å². The number of benzene rings is 1. The van der Waals surface area contributed by atoms with Crippen LogP contribution in [0, 0.1) is 0 Å². The second-order valence-electron chi connectivity index (χ2n) is 3.48. The number of phenolic OH excluding ortho intramolecular Hbond substituents is 1. The number of carbonyl (C=O) groups is 1. The van der Waals surface area contributed by atoms with Gasteiger partial charge in [0.15, 0.2) is 0 Å². The molecule has 86 valence electrons. The van der Waals surface area contributed by atoms with Crippen LogP contribution in [-0.4, -0.2) is 21.7 Å². The Labute approximate surface area is 91.8 Å². The van der Waals surface area contributed by atoms with E-state index in [1.54, 1.807) is 0 Å². The molecule has 0 aliphatic rings. The molecule has 0 bridgehead atoms. The van der Waals surface area contributed by atoms with E-state index in [4.69, 9.17) is 15.9 Å². The van der Waals surface area contributed by atoms with E-state index in [2.05, 4.69) is 0 Å². The van der Waals surface area contributed by atoms with Gasteiger partial charge in [-0.25, -0.2) is 9.18 Å². The topological polar surface area (TPSA) is 83.5 Å². The van der Waals surface area contributed by atoms with Gasteiger partial charge in [-0.2, -0.15) is 0 Å². The molecule has 1 atom stereocenters. The molecule has 0 spiro atoms. The van der Waals surface area contributed by atoms with Gasteiger partial charge in [0.1, 0.15) is 11.3 Å². The lowest BCUT2D eigenvalue weighted by Gasteiger charge is -2.20. The Kier molecular flexibility index (Phi) is 3.63. The SMILES string of the molecule is N[C@@](/C=C/F)(Cc1ccc(O)cc1)C(=O)O. The quantitative estimate of drug-likeness (QED) is 0.719. The third kappa shape index (κ3) is 2.80. The van der Waals surface area contributed by atoms with E-state index in [0.717, 1.165) is 6.08 Å². The first-order chi connectivity index (χ1) is 7.48. The van der Waals surface area contributed by atoms with E-state index < -0.39 is 11.5 Å². The first-order valence-corrected chi connectivity index (χ1v) is 4.56. The van der Waals surface area contributed by atoms with Crippen molar-refractivity contribution in [1.82, 2.24) is 0 Å². The molecule has 0 saturated heterocycles. The third-order valence-corrected chi connectivity index (χ3v) is 2.19. The molecule has 0 fully saturated rings. The van der Waals surface area contributed by atoms with Crippen LogP contribution >= 0.6 is 0 Å². The molecule has 0 aromatic heterocycles. The fourth-order valence-electron chi connectivity index (χ4n) is 1.27. The first kappa shape index (κ1) is 12.2. The van der Waals surface area contributed by atoms with Crippen LogP contribution in [0.1, 0.15) is 5.56 Å². The summed E-state index contributed by atoms with van der Waals surface area (Å²) in [7, 11) is 0. The lowest BCUT2D eigenvalue weighted by Crippen LogP contribution is -2.48. The molecular weight excluding hydrogens is 213 g/mol. The average Bonchev–Trinajstić information content (AvgIpc) is 2.22. The molecule has 0 unspecified atom stereocenters. The largest absolute Gasteiger partial charge is 0.508 e. The highest BCUT2D eigenvalue weighted by molar-refractivity contribution is 5.81. The lowest BCUT2D eigenvalue weighted by atomic mass is 9.92. The van der Waals surface area contributed by atoms with Crippen molar-refractivity contribution in [2.75, 3.05) is 0 Å². The van der Waals surface area contributed by atoms with Crippen molar-refractivity contribution in [3.63, 3.8) is 0 Å². The van der Waals surface area contributed by atoms with Crippen LogP contribution in [0.25, 0.3) is 0 Å². The molecule has 0 heterocycles. The molecule has 0 radical (unpaired) electrons. The highest BCUT2D eigenvalue weighted by atomic mass is 19.1. The van der Waals surface area contributed by atoms with E-state index in [1.807, 2.05) is 0 Å². The van der Waals surface area contributed by atoms with E-state index in [-0.39, 0.29) is 18.5 Å². The predicted octanol–water partition coefficient (Wildman–Crippen LogP) is 1.20. The molecule has 4 N–H and O–H groups in total. The summed E-state index contributed by atoms with van der Waals surface area (Å²) in [6, 6.07) is 5.89. The van der Waals surface area contributed by atoms with Crippen LogP contribution in [0.4, 0.5) is 4.39 Å². The third-order valence-electron chi connectivity index (χ3n) is 2.19. The number of halogens is 1. The Balaban J connectivity index is 2.92. The summed E-state index contributed by atoms with van der Waals surface area (Å²) in [5, 5.41) is 17.9. The second kappa shape index (κ2) is 4.76. The Morgan fingerprint density at radius 1 is 1.44 bits per heavy atom. The summed E-state index contributed by atoms with van der Waals surface area (Å²) in [5.41, 5.74) is 4.36. The van der Waals surface area contributed by atoms with Crippen molar-refractivity contribution in [1.29, 1.82) is 0 Å². The number of carboxylic acid groups (broad SMARTS) is 1. The van der Waals surface area contributed by atoms with Gasteiger partial charge in [-0.1, -0.05) is 12.1 Å².